The molecule has 43 heavy (non-hydrogen) atoms. The maximum Gasteiger partial charge on any atom is 0.220 e. The molecule has 1 atom stereocenters. The molecular formula is C38H42ClFN2O. The first-order valence-electron chi connectivity index (χ1n) is 15.6. The lowest BCUT2D eigenvalue weighted by Crippen LogP contribution is -2.36. The summed E-state index contributed by atoms with van der Waals surface area (Å²) in [5, 5.41) is 3.94. The van der Waals surface area contributed by atoms with E-state index >= 15 is 0 Å². The van der Waals surface area contributed by atoms with Gasteiger partial charge in [-0.1, -0.05) is 90.5 Å². The predicted octanol–water partition coefficient (Wildman–Crippen LogP) is 8.69. The van der Waals surface area contributed by atoms with Crippen LogP contribution in [0.4, 0.5) is 4.39 Å². The first-order valence-corrected chi connectivity index (χ1v) is 16.0. The zero-order chi connectivity index (χ0) is 30.1. The van der Waals surface area contributed by atoms with Crippen molar-refractivity contribution in [3.63, 3.8) is 0 Å². The van der Waals surface area contributed by atoms with Crippen molar-refractivity contribution in [3.05, 3.63) is 142 Å². The molecule has 4 aromatic rings. The van der Waals surface area contributed by atoms with Gasteiger partial charge in [-0.15, -0.1) is 0 Å². The molecule has 3 nitrogen and oxygen atoms in total. The van der Waals surface area contributed by atoms with Crippen molar-refractivity contribution in [3.8, 4) is 0 Å². The van der Waals surface area contributed by atoms with E-state index in [2.05, 4.69) is 89.9 Å². The van der Waals surface area contributed by atoms with Crippen molar-refractivity contribution in [2.24, 2.45) is 0 Å². The number of carbonyl (C=O) groups is 1. The number of nitrogens with one attached hydrogen (secondary N) is 1. The maximum atomic E-state index is 13.2. The minimum absolute atomic E-state index is 0.0359. The van der Waals surface area contributed by atoms with Gasteiger partial charge >= 0.3 is 0 Å². The number of fused-ring (bicyclic) bond motifs is 1. The second-order valence-corrected chi connectivity index (χ2v) is 12.2. The van der Waals surface area contributed by atoms with Gasteiger partial charge in [0.25, 0.3) is 0 Å². The fraction of sp³-hybridized carbons (Fsp3) is 0.342. The fourth-order valence-electron chi connectivity index (χ4n) is 6.72. The minimum atomic E-state index is -0.255. The molecule has 1 aliphatic heterocycles. The maximum absolute atomic E-state index is 13.2. The highest BCUT2D eigenvalue weighted by Crippen LogP contribution is 2.41. The van der Waals surface area contributed by atoms with Crippen LogP contribution in [0.2, 0.25) is 5.02 Å². The van der Waals surface area contributed by atoms with Crippen LogP contribution in [0.1, 0.15) is 72.9 Å². The van der Waals surface area contributed by atoms with Gasteiger partial charge in [-0.2, -0.15) is 0 Å². The number of nitrogens with zero attached hydrogens (tertiary/aromatic N) is 1. The van der Waals surface area contributed by atoms with Gasteiger partial charge < -0.3 is 5.32 Å². The number of carbonyl (C=O) groups excluding carboxylic acids is 1. The van der Waals surface area contributed by atoms with Gasteiger partial charge in [0.2, 0.25) is 5.91 Å². The highest BCUT2D eigenvalue weighted by Gasteiger charge is 2.34. The van der Waals surface area contributed by atoms with E-state index in [1.165, 1.54) is 34.4 Å². The molecule has 1 N–H and O–H groups in total. The lowest BCUT2D eigenvalue weighted by Gasteiger charge is -2.39. The normalized spacial score (nSPS) is 15.2. The SMILES string of the molecule is CC1c2cc(Cl)ccc2CCN1CCCC(CCCNC(=O)CCc1ccc(F)cc1)(c1ccccc1)c1ccccc1. The van der Waals surface area contributed by atoms with Gasteiger partial charge in [-0.3, -0.25) is 9.69 Å². The van der Waals surface area contributed by atoms with E-state index in [0.29, 0.717) is 25.4 Å². The molecule has 0 radical (unpaired) electrons. The number of halogens is 2. The van der Waals surface area contributed by atoms with Crippen molar-refractivity contribution in [1.82, 2.24) is 10.2 Å². The van der Waals surface area contributed by atoms with E-state index in [0.717, 1.165) is 55.8 Å². The highest BCUT2D eigenvalue weighted by atomic mass is 35.5. The minimum Gasteiger partial charge on any atom is -0.356 e. The van der Waals surface area contributed by atoms with Gasteiger partial charge in [0, 0.05) is 36.0 Å². The molecule has 0 aliphatic carbocycles. The Morgan fingerprint density at radius 2 is 1.56 bits per heavy atom. The molecule has 0 saturated carbocycles. The molecular weight excluding hydrogens is 555 g/mol. The Labute approximate surface area is 261 Å². The summed E-state index contributed by atoms with van der Waals surface area (Å²) in [7, 11) is 0. The van der Waals surface area contributed by atoms with E-state index in [1.54, 1.807) is 12.1 Å². The Bertz CT molecular complexity index is 1420. The molecule has 0 aromatic heterocycles. The second kappa shape index (κ2) is 14.8. The van der Waals surface area contributed by atoms with Gasteiger partial charge in [0.1, 0.15) is 5.82 Å². The molecule has 5 heteroatoms. The van der Waals surface area contributed by atoms with Crippen molar-refractivity contribution in [2.75, 3.05) is 19.6 Å². The number of rotatable bonds is 13. The van der Waals surface area contributed by atoms with Crippen LogP contribution in [0, 0.1) is 5.82 Å². The Morgan fingerprint density at radius 1 is 0.907 bits per heavy atom. The molecule has 1 unspecified atom stereocenters. The number of aryl methyl sites for hydroxylation is 1. The van der Waals surface area contributed by atoms with Crippen LogP contribution in [0.5, 0.6) is 0 Å². The molecule has 1 amide bonds. The smallest absolute Gasteiger partial charge is 0.220 e. The van der Waals surface area contributed by atoms with E-state index in [9.17, 15) is 9.18 Å². The average molecular weight is 597 g/mol. The molecule has 0 bridgehead atoms. The summed E-state index contributed by atoms with van der Waals surface area (Å²) in [6.07, 6.45) is 5.96. The van der Waals surface area contributed by atoms with Gasteiger partial charge in [-0.05, 0) is 104 Å². The average Bonchev–Trinajstić information content (AvgIpc) is 3.04. The Balaban J connectivity index is 1.25. The van der Waals surface area contributed by atoms with Crippen LogP contribution >= 0.6 is 11.6 Å². The largest absolute Gasteiger partial charge is 0.356 e. The van der Waals surface area contributed by atoms with E-state index in [4.69, 9.17) is 11.6 Å². The Hall–Kier alpha value is -3.47. The van der Waals surface area contributed by atoms with Crippen LogP contribution in [-0.2, 0) is 23.1 Å². The van der Waals surface area contributed by atoms with Crippen LogP contribution in [0.15, 0.2) is 103 Å². The molecule has 1 heterocycles. The van der Waals surface area contributed by atoms with Crippen LogP contribution in [0.3, 0.4) is 0 Å². The third kappa shape index (κ3) is 7.93. The summed E-state index contributed by atoms with van der Waals surface area (Å²) in [6.45, 7) is 5.01. The molecule has 4 aromatic carbocycles. The Kier molecular flexibility index (Phi) is 10.7. The lowest BCUT2D eigenvalue weighted by molar-refractivity contribution is -0.121. The monoisotopic (exact) mass is 596 g/mol. The van der Waals surface area contributed by atoms with Crippen molar-refractivity contribution in [2.45, 2.75) is 63.3 Å². The molecule has 1 aliphatic rings. The summed E-state index contributed by atoms with van der Waals surface area (Å²) in [6, 6.07) is 34.8. The number of benzene rings is 4. The summed E-state index contributed by atoms with van der Waals surface area (Å²) in [5.74, 6) is -0.219. The molecule has 5 rings (SSSR count). The van der Waals surface area contributed by atoms with Crippen molar-refractivity contribution in [1.29, 1.82) is 0 Å². The van der Waals surface area contributed by atoms with Crippen molar-refractivity contribution >= 4 is 17.5 Å². The predicted molar refractivity (Wildman–Crippen MR) is 175 cm³/mol. The van der Waals surface area contributed by atoms with Gasteiger partial charge in [0.15, 0.2) is 0 Å². The lowest BCUT2D eigenvalue weighted by atomic mass is 9.68. The summed E-state index contributed by atoms with van der Waals surface area (Å²) >= 11 is 6.36. The second-order valence-electron chi connectivity index (χ2n) is 11.8. The van der Waals surface area contributed by atoms with Gasteiger partial charge in [0.05, 0.1) is 0 Å². The van der Waals surface area contributed by atoms with E-state index < -0.39 is 0 Å². The number of hydrogen-bond acceptors (Lipinski definition) is 2. The molecule has 0 spiro atoms. The summed E-state index contributed by atoms with van der Waals surface area (Å²) in [4.78, 5) is 15.2. The third-order valence-electron chi connectivity index (χ3n) is 9.13. The topological polar surface area (TPSA) is 32.3 Å². The standard InChI is InChI=1S/C38H42ClFN2O/c1-29-36-28-34(39)18-17-31(36)22-27-42(29)26-9-24-38(32-10-4-2-5-11-32,33-12-6-3-7-13-33)23-8-25-41-37(43)21-16-30-14-19-35(40)20-15-30/h2-7,10-15,17-20,28-29H,8-9,16,21-27H2,1H3,(H,41,43). The van der Waals surface area contributed by atoms with Gasteiger partial charge in [-0.25, -0.2) is 4.39 Å². The van der Waals surface area contributed by atoms with Crippen LogP contribution in [-0.4, -0.2) is 30.4 Å². The van der Waals surface area contributed by atoms with E-state index in [1.807, 2.05) is 6.07 Å². The Morgan fingerprint density at radius 3 is 2.23 bits per heavy atom. The fourth-order valence-corrected chi connectivity index (χ4v) is 6.91. The quantitative estimate of drug-likeness (QED) is 0.157. The zero-order valence-electron chi connectivity index (χ0n) is 25.1. The first kappa shape index (κ1) is 31.0. The van der Waals surface area contributed by atoms with Crippen LogP contribution in [0.25, 0.3) is 0 Å². The molecule has 224 valence electrons. The molecule has 0 saturated heterocycles. The summed E-state index contributed by atoms with van der Waals surface area (Å²) in [5.41, 5.74) is 6.24. The number of amides is 1. The zero-order valence-corrected chi connectivity index (χ0v) is 25.8. The third-order valence-corrected chi connectivity index (χ3v) is 9.37. The van der Waals surface area contributed by atoms with Crippen molar-refractivity contribution < 1.29 is 9.18 Å². The number of hydrogen-bond donors (Lipinski definition) is 1. The highest BCUT2D eigenvalue weighted by molar-refractivity contribution is 6.30. The summed E-state index contributed by atoms with van der Waals surface area (Å²) < 4.78 is 13.2. The molecule has 0 fully saturated rings. The van der Waals surface area contributed by atoms with Crippen LogP contribution < -0.4 is 5.32 Å². The van der Waals surface area contributed by atoms with E-state index in [-0.39, 0.29) is 17.1 Å². The first-order chi connectivity index (χ1) is 20.9.